The molecule has 8 heteroatoms. The van der Waals surface area contributed by atoms with Crippen LogP contribution in [0.15, 0.2) is 18.3 Å². The van der Waals surface area contributed by atoms with E-state index >= 15 is 0 Å². The number of H-pyrrole nitrogens is 1. The fourth-order valence-electron chi connectivity index (χ4n) is 1.41. The highest BCUT2D eigenvalue weighted by Gasteiger charge is 2.18. The molecule has 1 atom stereocenters. The molecule has 0 bridgehead atoms. The van der Waals surface area contributed by atoms with Crippen molar-refractivity contribution in [2.45, 2.75) is 19.4 Å². The van der Waals surface area contributed by atoms with Gasteiger partial charge in [-0.3, -0.25) is 4.79 Å². The van der Waals surface area contributed by atoms with E-state index in [1.165, 1.54) is 6.20 Å². The molecule has 0 aromatic carbocycles. The summed E-state index contributed by atoms with van der Waals surface area (Å²) in [5, 5.41) is 16.8. The first-order valence-corrected chi connectivity index (χ1v) is 5.74. The minimum absolute atomic E-state index is 0.293. The second kappa shape index (κ2) is 5.54. The summed E-state index contributed by atoms with van der Waals surface area (Å²) in [6.45, 7) is 1.91. The monoisotopic (exact) mass is 266 g/mol. The van der Waals surface area contributed by atoms with E-state index < -0.39 is 0 Å². The van der Waals surface area contributed by atoms with Crippen LogP contribution in [0.5, 0.6) is 0 Å². The number of carbonyl (C=O) groups excluding carboxylic acids is 1. The van der Waals surface area contributed by atoms with Gasteiger partial charge in [-0.05, 0) is 18.6 Å². The van der Waals surface area contributed by atoms with Crippen molar-refractivity contribution in [2.75, 3.05) is 0 Å². The van der Waals surface area contributed by atoms with Crippen LogP contribution in [0.1, 0.15) is 35.7 Å². The number of pyridine rings is 1. The fraction of sp³-hybridized carbons (Fsp3) is 0.300. The molecule has 0 unspecified atom stereocenters. The van der Waals surface area contributed by atoms with Crippen LogP contribution in [0.4, 0.5) is 0 Å². The number of nitrogens with one attached hydrogen (secondary N) is 2. The first kappa shape index (κ1) is 12.4. The number of hydrogen-bond acceptors (Lipinski definition) is 5. The summed E-state index contributed by atoms with van der Waals surface area (Å²) in [6, 6.07) is 2.87. The molecule has 2 rings (SSSR count). The molecule has 0 aliphatic heterocycles. The highest BCUT2D eigenvalue weighted by atomic mass is 35.5. The van der Waals surface area contributed by atoms with Gasteiger partial charge in [0, 0.05) is 6.20 Å². The number of aromatic amines is 1. The molecule has 94 valence electrons. The van der Waals surface area contributed by atoms with Gasteiger partial charge in [0.25, 0.3) is 5.91 Å². The number of rotatable bonds is 4. The third-order valence-corrected chi connectivity index (χ3v) is 2.57. The van der Waals surface area contributed by atoms with E-state index in [1.807, 2.05) is 6.92 Å². The van der Waals surface area contributed by atoms with Crippen molar-refractivity contribution >= 4 is 17.5 Å². The van der Waals surface area contributed by atoms with Crippen LogP contribution < -0.4 is 5.32 Å². The van der Waals surface area contributed by atoms with E-state index in [9.17, 15) is 4.79 Å². The molecule has 18 heavy (non-hydrogen) atoms. The molecule has 0 saturated heterocycles. The van der Waals surface area contributed by atoms with Crippen LogP contribution in [0.2, 0.25) is 5.02 Å². The van der Waals surface area contributed by atoms with Crippen molar-refractivity contribution in [1.29, 1.82) is 0 Å². The summed E-state index contributed by atoms with van der Waals surface area (Å²) >= 11 is 5.70. The first-order valence-electron chi connectivity index (χ1n) is 5.36. The topological polar surface area (TPSA) is 96.5 Å². The molecule has 2 aromatic heterocycles. The van der Waals surface area contributed by atoms with Crippen LogP contribution in [0, 0.1) is 0 Å². The number of halogens is 1. The summed E-state index contributed by atoms with van der Waals surface area (Å²) in [7, 11) is 0. The summed E-state index contributed by atoms with van der Waals surface area (Å²) < 4.78 is 0. The Bertz CT molecular complexity index is 512. The zero-order valence-electron chi connectivity index (χ0n) is 9.59. The first-order chi connectivity index (χ1) is 8.70. The lowest BCUT2D eigenvalue weighted by atomic mass is 10.2. The Balaban J connectivity index is 2.08. The van der Waals surface area contributed by atoms with Gasteiger partial charge in [-0.15, -0.1) is 10.2 Å². The van der Waals surface area contributed by atoms with E-state index in [0.29, 0.717) is 23.0 Å². The summed E-state index contributed by atoms with van der Waals surface area (Å²) in [4.78, 5) is 15.9. The molecule has 2 N–H and O–H groups in total. The van der Waals surface area contributed by atoms with Gasteiger partial charge in [-0.2, -0.15) is 5.21 Å². The molecule has 0 spiro atoms. The van der Waals surface area contributed by atoms with E-state index in [1.54, 1.807) is 12.1 Å². The van der Waals surface area contributed by atoms with Gasteiger partial charge in [0.05, 0.1) is 11.1 Å². The maximum Gasteiger partial charge on any atom is 0.270 e. The Morgan fingerprint density at radius 1 is 1.56 bits per heavy atom. The Morgan fingerprint density at radius 3 is 2.94 bits per heavy atom. The van der Waals surface area contributed by atoms with E-state index in [-0.39, 0.29) is 11.9 Å². The largest absolute Gasteiger partial charge is 0.341 e. The molecule has 0 saturated carbocycles. The summed E-state index contributed by atoms with van der Waals surface area (Å²) in [6.07, 6.45) is 2.07. The van der Waals surface area contributed by atoms with Crippen molar-refractivity contribution in [3.63, 3.8) is 0 Å². The predicted octanol–water partition coefficient (Wildman–Crippen LogP) is 1.13. The molecule has 2 aromatic rings. The highest BCUT2D eigenvalue weighted by molar-refractivity contribution is 6.30. The van der Waals surface area contributed by atoms with E-state index in [2.05, 4.69) is 30.9 Å². The predicted molar refractivity (Wildman–Crippen MR) is 63.9 cm³/mol. The maximum atomic E-state index is 11.9. The van der Waals surface area contributed by atoms with Crippen LogP contribution in [-0.4, -0.2) is 31.5 Å². The lowest BCUT2D eigenvalue weighted by molar-refractivity contribution is 0.0928. The number of tetrazole rings is 1. The standard InChI is InChI=1S/C10H11ClN6O/c1-2-7(9-14-16-17-15-9)13-10(18)8-4-3-6(11)5-12-8/h3-5,7H,2H2,1H3,(H,13,18)(H,14,15,16,17)/t7-/m1/s1. The van der Waals surface area contributed by atoms with Crippen LogP contribution in [0.25, 0.3) is 0 Å². The van der Waals surface area contributed by atoms with E-state index in [0.717, 1.165) is 0 Å². The number of carbonyl (C=O) groups is 1. The summed E-state index contributed by atoms with van der Waals surface area (Å²) in [5.74, 6) is 0.142. The Morgan fingerprint density at radius 2 is 2.39 bits per heavy atom. The Kier molecular flexibility index (Phi) is 3.83. The zero-order valence-corrected chi connectivity index (χ0v) is 10.3. The van der Waals surface area contributed by atoms with Gasteiger partial charge in [-0.25, -0.2) is 4.98 Å². The second-order valence-electron chi connectivity index (χ2n) is 3.57. The Hall–Kier alpha value is -2.02. The number of hydrogen-bond donors (Lipinski definition) is 2. The van der Waals surface area contributed by atoms with Crippen molar-refractivity contribution < 1.29 is 4.79 Å². The SMILES string of the molecule is CC[C@@H](NC(=O)c1ccc(Cl)cn1)c1nn[nH]n1. The molecule has 1 amide bonds. The fourth-order valence-corrected chi connectivity index (χ4v) is 1.52. The third-order valence-electron chi connectivity index (χ3n) is 2.35. The van der Waals surface area contributed by atoms with Crippen LogP contribution in [0.3, 0.4) is 0 Å². The third kappa shape index (κ3) is 2.80. The molecular formula is C10H11ClN6O. The average Bonchev–Trinajstić information content (AvgIpc) is 2.90. The van der Waals surface area contributed by atoms with Gasteiger partial charge < -0.3 is 5.32 Å². The minimum atomic E-state index is -0.302. The van der Waals surface area contributed by atoms with Crippen molar-refractivity contribution in [3.8, 4) is 0 Å². The smallest absolute Gasteiger partial charge is 0.270 e. The van der Waals surface area contributed by atoms with Gasteiger partial charge in [0.15, 0.2) is 5.82 Å². The van der Waals surface area contributed by atoms with Crippen molar-refractivity contribution in [3.05, 3.63) is 34.9 Å². The molecule has 0 aliphatic rings. The lowest BCUT2D eigenvalue weighted by Gasteiger charge is -2.12. The van der Waals surface area contributed by atoms with Crippen LogP contribution >= 0.6 is 11.6 Å². The van der Waals surface area contributed by atoms with E-state index in [4.69, 9.17) is 11.6 Å². The Labute approximate surface area is 108 Å². The van der Waals surface area contributed by atoms with Gasteiger partial charge in [0.2, 0.25) is 0 Å². The van der Waals surface area contributed by atoms with Gasteiger partial charge in [0.1, 0.15) is 5.69 Å². The molecule has 2 heterocycles. The maximum absolute atomic E-state index is 11.9. The quantitative estimate of drug-likeness (QED) is 0.865. The average molecular weight is 267 g/mol. The molecule has 7 nitrogen and oxygen atoms in total. The molecule has 0 aliphatic carbocycles. The lowest BCUT2D eigenvalue weighted by Crippen LogP contribution is -2.29. The van der Waals surface area contributed by atoms with Crippen LogP contribution in [-0.2, 0) is 0 Å². The number of aromatic nitrogens is 5. The highest BCUT2D eigenvalue weighted by Crippen LogP contribution is 2.12. The molecule has 0 fully saturated rings. The molecular weight excluding hydrogens is 256 g/mol. The zero-order chi connectivity index (χ0) is 13.0. The normalized spacial score (nSPS) is 12.1. The van der Waals surface area contributed by atoms with Crippen molar-refractivity contribution in [2.24, 2.45) is 0 Å². The molecule has 0 radical (unpaired) electrons. The second-order valence-corrected chi connectivity index (χ2v) is 4.00. The number of amides is 1. The summed E-state index contributed by atoms with van der Waals surface area (Å²) in [5.41, 5.74) is 0.293. The van der Waals surface area contributed by atoms with Crippen molar-refractivity contribution in [1.82, 2.24) is 30.9 Å². The minimum Gasteiger partial charge on any atom is -0.341 e. The van der Waals surface area contributed by atoms with Gasteiger partial charge in [-0.1, -0.05) is 23.7 Å². The number of nitrogens with zero attached hydrogens (tertiary/aromatic N) is 4. The van der Waals surface area contributed by atoms with Gasteiger partial charge >= 0.3 is 0 Å².